The molecular formula is C19H16N2O5S. The number of esters is 1. The second kappa shape index (κ2) is 6.88. The number of nitrogens with zero attached hydrogens (tertiary/aromatic N) is 2. The van der Waals surface area contributed by atoms with Crippen LogP contribution in [0, 0.1) is 6.92 Å². The molecule has 0 unspecified atom stereocenters. The molecule has 138 valence electrons. The van der Waals surface area contributed by atoms with E-state index in [1.807, 2.05) is 25.1 Å². The number of thiazole rings is 1. The van der Waals surface area contributed by atoms with Crippen LogP contribution in [0.4, 0.5) is 0 Å². The van der Waals surface area contributed by atoms with Gasteiger partial charge in [0, 0.05) is 17.7 Å². The maximum Gasteiger partial charge on any atom is 0.325 e. The van der Waals surface area contributed by atoms with Gasteiger partial charge in [-0.1, -0.05) is 29.0 Å². The Hall–Kier alpha value is -3.13. The van der Waals surface area contributed by atoms with Gasteiger partial charge in [0.25, 0.3) is 5.91 Å². The van der Waals surface area contributed by atoms with E-state index in [9.17, 15) is 9.59 Å². The summed E-state index contributed by atoms with van der Waals surface area (Å²) in [4.78, 5) is 29.2. The van der Waals surface area contributed by atoms with Gasteiger partial charge < -0.3 is 18.8 Å². The smallest absolute Gasteiger partial charge is 0.325 e. The maximum absolute atomic E-state index is 12.6. The lowest BCUT2D eigenvalue weighted by molar-refractivity contribution is -0.141. The lowest BCUT2D eigenvalue weighted by Gasteiger charge is -2.04. The van der Waals surface area contributed by atoms with Gasteiger partial charge in [-0.15, -0.1) is 0 Å². The van der Waals surface area contributed by atoms with Crippen molar-refractivity contribution in [3.8, 4) is 11.5 Å². The van der Waals surface area contributed by atoms with Crippen LogP contribution in [0.2, 0.25) is 0 Å². The van der Waals surface area contributed by atoms with Gasteiger partial charge in [-0.3, -0.25) is 9.59 Å². The Bertz CT molecular complexity index is 1130. The Morgan fingerprint density at radius 1 is 1.22 bits per heavy atom. The minimum Gasteiger partial charge on any atom is -0.468 e. The van der Waals surface area contributed by atoms with Crippen molar-refractivity contribution < 1.29 is 23.8 Å². The summed E-state index contributed by atoms with van der Waals surface area (Å²) in [6.07, 6.45) is 0. The average molecular weight is 384 g/mol. The molecule has 1 aliphatic heterocycles. The van der Waals surface area contributed by atoms with Gasteiger partial charge in [0.05, 0.1) is 17.3 Å². The normalized spacial score (nSPS) is 13.2. The first-order valence-corrected chi connectivity index (χ1v) is 9.02. The Morgan fingerprint density at radius 2 is 2.00 bits per heavy atom. The van der Waals surface area contributed by atoms with Crippen molar-refractivity contribution in [1.82, 2.24) is 4.57 Å². The standard InChI is InChI=1S/C19H16N2O5S/c1-11-4-3-5-12(6-11)18(23)20-19-21(9-17(22)24-2)13-7-14-15(26-10-25-14)8-16(13)27-19/h3-8H,9-10H2,1-2H3. The SMILES string of the molecule is COC(=O)Cn1c(=NC(=O)c2cccc(C)c2)sc2cc3c(cc21)OCO3. The van der Waals surface area contributed by atoms with Crippen molar-refractivity contribution in [2.24, 2.45) is 4.99 Å². The highest BCUT2D eigenvalue weighted by Gasteiger charge is 2.19. The van der Waals surface area contributed by atoms with Crippen molar-refractivity contribution in [3.05, 3.63) is 52.3 Å². The molecule has 0 fully saturated rings. The number of hydrogen-bond donors (Lipinski definition) is 0. The molecule has 0 aliphatic carbocycles. The highest BCUT2D eigenvalue weighted by Crippen LogP contribution is 2.37. The molecule has 2 heterocycles. The minimum atomic E-state index is -0.433. The second-order valence-corrected chi connectivity index (χ2v) is 7.02. The van der Waals surface area contributed by atoms with Crippen LogP contribution in [0.3, 0.4) is 0 Å². The molecule has 0 bridgehead atoms. The summed E-state index contributed by atoms with van der Waals surface area (Å²) >= 11 is 1.30. The van der Waals surface area contributed by atoms with Gasteiger partial charge in [-0.2, -0.15) is 4.99 Å². The number of aryl methyl sites for hydroxylation is 1. The predicted octanol–water partition coefficient (Wildman–Crippen LogP) is 2.65. The fourth-order valence-electron chi connectivity index (χ4n) is 2.82. The summed E-state index contributed by atoms with van der Waals surface area (Å²) in [6, 6.07) is 10.8. The van der Waals surface area contributed by atoms with E-state index in [4.69, 9.17) is 14.2 Å². The number of fused-ring (bicyclic) bond motifs is 2. The second-order valence-electron chi connectivity index (χ2n) is 6.01. The molecule has 7 nitrogen and oxygen atoms in total. The number of carbonyl (C=O) groups excluding carboxylic acids is 2. The van der Waals surface area contributed by atoms with E-state index in [0.29, 0.717) is 21.9 Å². The summed E-state index contributed by atoms with van der Waals surface area (Å²) < 4.78 is 18.1. The van der Waals surface area contributed by atoms with Crippen LogP contribution in [0.25, 0.3) is 10.2 Å². The first-order valence-electron chi connectivity index (χ1n) is 8.20. The molecule has 27 heavy (non-hydrogen) atoms. The molecule has 0 spiro atoms. The van der Waals surface area contributed by atoms with Crippen molar-refractivity contribution in [2.45, 2.75) is 13.5 Å². The van der Waals surface area contributed by atoms with Crippen LogP contribution < -0.4 is 14.3 Å². The summed E-state index contributed by atoms with van der Waals surface area (Å²) in [6.45, 7) is 2.01. The average Bonchev–Trinajstić information content (AvgIpc) is 3.24. The largest absolute Gasteiger partial charge is 0.468 e. The molecule has 3 aromatic rings. The number of hydrogen-bond acceptors (Lipinski definition) is 6. The van der Waals surface area contributed by atoms with E-state index in [-0.39, 0.29) is 19.2 Å². The van der Waals surface area contributed by atoms with E-state index in [1.165, 1.54) is 18.4 Å². The van der Waals surface area contributed by atoms with E-state index in [2.05, 4.69) is 4.99 Å². The zero-order chi connectivity index (χ0) is 19.0. The van der Waals surface area contributed by atoms with Gasteiger partial charge in [0.1, 0.15) is 6.54 Å². The third-order valence-electron chi connectivity index (χ3n) is 4.15. The molecule has 0 radical (unpaired) electrons. The molecule has 1 aliphatic rings. The molecule has 4 rings (SSSR count). The molecule has 0 N–H and O–H groups in total. The highest BCUT2D eigenvalue weighted by atomic mass is 32.1. The summed E-state index contributed by atoms with van der Waals surface area (Å²) in [5.74, 6) is 0.418. The first kappa shape index (κ1) is 17.3. The van der Waals surface area contributed by atoms with Gasteiger partial charge in [0.15, 0.2) is 16.3 Å². The first-order chi connectivity index (χ1) is 13.0. The number of benzene rings is 2. The number of carbonyl (C=O) groups is 2. The van der Waals surface area contributed by atoms with E-state index in [1.54, 1.807) is 22.8 Å². The van der Waals surface area contributed by atoms with Crippen molar-refractivity contribution >= 4 is 33.4 Å². The number of amides is 1. The van der Waals surface area contributed by atoms with Crippen LogP contribution in [0.5, 0.6) is 11.5 Å². The van der Waals surface area contributed by atoms with Crippen LogP contribution in [0.1, 0.15) is 15.9 Å². The van der Waals surface area contributed by atoms with Crippen LogP contribution in [0.15, 0.2) is 41.4 Å². The Balaban J connectivity index is 1.86. The van der Waals surface area contributed by atoms with Gasteiger partial charge in [-0.25, -0.2) is 0 Å². The topological polar surface area (TPSA) is 79.1 Å². The fourth-order valence-corrected chi connectivity index (χ4v) is 3.86. The highest BCUT2D eigenvalue weighted by molar-refractivity contribution is 7.16. The Morgan fingerprint density at radius 3 is 2.74 bits per heavy atom. The fraction of sp³-hybridized carbons (Fsp3) is 0.211. The summed E-state index contributed by atoms with van der Waals surface area (Å²) in [5.41, 5.74) is 2.19. The predicted molar refractivity (Wildman–Crippen MR) is 99.0 cm³/mol. The molecule has 0 atom stereocenters. The van der Waals surface area contributed by atoms with E-state index < -0.39 is 5.97 Å². The van der Waals surface area contributed by atoms with E-state index in [0.717, 1.165) is 15.8 Å². The molecular weight excluding hydrogens is 368 g/mol. The van der Waals surface area contributed by atoms with Gasteiger partial charge >= 0.3 is 5.97 Å². The Kier molecular flexibility index (Phi) is 4.41. The summed E-state index contributed by atoms with van der Waals surface area (Å²) in [5, 5.41) is 0. The van der Waals surface area contributed by atoms with Crippen molar-refractivity contribution in [2.75, 3.05) is 13.9 Å². The molecule has 1 amide bonds. The third-order valence-corrected chi connectivity index (χ3v) is 5.20. The van der Waals surface area contributed by atoms with E-state index >= 15 is 0 Å². The molecule has 0 saturated carbocycles. The van der Waals surface area contributed by atoms with Crippen LogP contribution in [-0.4, -0.2) is 30.3 Å². The zero-order valence-corrected chi connectivity index (χ0v) is 15.5. The maximum atomic E-state index is 12.6. The van der Waals surface area contributed by atoms with Crippen LogP contribution in [-0.2, 0) is 16.1 Å². The molecule has 1 aromatic heterocycles. The quantitative estimate of drug-likeness (QED) is 0.649. The number of ether oxygens (including phenoxy) is 3. The third kappa shape index (κ3) is 3.31. The van der Waals surface area contributed by atoms with Crippen molar-refractivity contribution in [1.29, 1.82) is 0 Å². The lowest BCUT2D eigenvalue weighted by Crippen LogP contribution is -2.22. The monoisotopic (exact) mass is 384 g/mol. The number of aromatic nitrogens is 1. The lowest BCUT2D eigenvalue weighted by atomic mass is 10.1. The summed E-state index contributed by atoms with van der Waals surface area (Å²) in [7, 11) is 1.32. The number of rotatable bonds is 3. The van der Waals surface area contributed by atoms with Gasteiger partial charge in [-0.05, 0) is 19.1 Å². The zero-order valence-electron chi connectivity index (χ0n) is 14.7. The molecule has 0 saturated heterocycles. The number of methoxy groups -OCH3 is 1. The van der Waals surface area contributed by atoms with Gasteiger partial charge in [0.2, 0.25) is 6.79 Å². The molecule has 8 heteroatoms. The minimum absolute atomic E-state index is 0.0594. The Labute approximate surface area is 158 Å². The van der Waals surface area contributed by atoms with Crippen LogP contribution >= 0.6 is 11.3 Å². The molecule has 2 aromatic carbocycles. The van der Waals surface area contributed by atoms with Crippen molar-refractivity contribution in [3.63, 3.8) is 0 Å².